The summed E-state index contributed by atoms with van der Waals surface area (Å²) in [7, 11) is -3.32. The minimum atomic E-state index is -3.32. The van der Waals surface area contributed by atoms with Crippen molar-refractivity contribution in [3.05, 3.63) is 77.9 Å². The van der Waals surface area contributed by atoms with Crippen molar-refractivity contribution in [2.75, 3.05) is 32.0 Å². The third-order valence-electron chi connectivity index (χ3n) is 7.33. The predicted molar refractivity (Wildman–Crippen MR) is 147 cm³/mol. The van der Waals surface area contributed by atoms with Crippen molar-refractivity contribution in [2.45, 2.75) is 45.1 Å². The minimum absolute atomic E-state index is 0.108. The van der Waals surface area contributed by atoms with Crippen molar-refractivity contribution in [1.29, 1.82) is 0 Å². The van der Waals surface area contributed by atoms with Crippen LogP contribution in [0.4, 0.5) is 0 Å². The molecule has 2 N–H and O–H groups in total. The third kappa shape index (κ3) is 6.82. The molecule has 2 aromatic carbocycles. The van der Waals surface area contributed by atoms with E-state index >= 15 is 0 Å². The first-order chi connectivity index (χ1) is 18.3. The van der Waals surface area contributed by atoms with Gasteiger partial charge in [-0.25, -0.2) is 12.7 Å². The zero-order valence-corrected chi connectivity index (χ0v) is 22.7. The molecule has 0 radical (unpaired) electrons. The molecule has 9 heteroatoms. The molecule has 0 unspecified atom stereocenters. The topological polar surface area (TPSA) is 105 Å². The van der Waals surface area contributed by atoms with Crippen LogP contribution in [0.5, 0.6) is 5.75 Å². The van der Waals surface area contributed by atoms with E-state index in [1.165, 1.54) is 4.31 Å². The van der Waals surface area contributed by atoms with E-state index < -0.39 is 15.4 Å². The van der Waals surface area contributed by atoms with Crippen LogP contribution in [0, 0.1) is 5.41 Å². The van der Waals surface area contributed by atoms with Crippen molar-refractivity contribution in [3.63, 3.8) is 0 Å². The van der Waals surface area contributed by atoms with E-state index in [-0.39, 0.29) is 36.8 Å². The monoisotopic (exact) mass is 539 g/mol. The number of carbonyl (C=O) groups excluding carboxylic acids is 2. The Bertz CT molecular complexity index is 1240. The summed E-state index contributed by atoms with van der Waals surface area (Å²) in [5, 5.41) is 6.19. The number of amides is 2. The molecule has 2 aliphatic rings. The summed E-state index contributed by atoms with van der Waals surface area (Å²) in [5.41, 5.74) is 0.751. The zero-order valence-electron chi connectivity index (χ0n) is 21.9. The molecule has 1 saturated heterocycles. The molecule has 8 nitrogen and oxygen atoms in total. The highest BCUT2D eigenvalue weighted by Crippen LogP contribution is 2.37. The Hall–Kier alpha value is -3.17. The average molecular weight is 540 g/mol. The molecule has 0 saturated carbocycles. The van der Waals surface area contributed by atoms with E-state index in [1.54, 1.807) is 18.2 Å². The van der Waals surface area contributed by atoms with E-state index in [0.29, 0.717) is 56.5 Å². The summed E-state index contributed by atoms with van der Waals surface area (Å²) >= 11 is 0. The van der Waals surface area contributed by atoms with E-state index in [4.69, 9.17) is 4.74 Å². The number of para-hydroxylation sites is 1. The van der Waals surface area contributed by atoms with Crippen LogP contribution < -0.4 is 15.4 Å². The summed E-state index contributed by atoms with van der Waals surface area (Å²) < 4.78 is 32.7. The number of nitrogens with one attached hydrogen (secondary N) is 2. The molecule has 1 fully saturated rings. The number of nitrogens with zero attached hydrogens (tertiary/aromatic N) is 1. The first-order valence-corrected chi connectivity index (χ1v) is 14.9. The lowest BCUT2D eigenvalue weighted by atomic mass is 9.75. The van der Waals surface area contributed by atoms with E-state index in [2.05, 4.69) is 10.6 Å². The number of benzene rings is 2. The summed E-state index contributed by atoms with van der Waals surface area (Å²) in [6, 6.07) is 16.6. The Kier molecular flexibility index (Phi) is 9.22. The summed E-state index contributed by atoms with van der Waals surface area (Å²) in [4.78, 5) is 26.9. The van der Waals surface area contributed by atoms with Crippen LogP contribution >= 0.6 is 0 Å². The minimum Gasteiger partial charge on any atom is -0.489 e. The molecule has 1 atom stereocenters. The number of hydrogen-bond acceptors (Lipinski definition) is 5. The molecule has 204 valence electrons. The van der Waals surface area contributed by atoms with Crippen molar-refractivity contribution >= 4 is 21.8 Å². The van der Waals surface area contributed by atoms with Crippen LogP contribution in [0.3, 0.4) is 0 Å². The first-order valence-electron chi connectivity index (χ1n) is 13.3. The molecule has 2 aliphatic heterocycles. The second-order valence-corrected chi connectivity index (χ2v) is 12.1. The third-order valence-corrected chi connectivity index (χ3v) is 9.40. The number of sulfonamides is 1. The van der Waals surface area contributed by atoms with Gasteiger partial charge in [-0.1, -0.05) is 61.5 Å². The number of fused-ring (bicyclic) bond motifs is 1. The molecule has 2 aromatic rings. The Morgan fingerprint density at radius 2 is 1.71 bits per heavy atom. The van der Waals surface area contributed by atoms with Gasteiger partial charge in [0.1, 0.15) is 12.4 Å². The van der Waals surface area contributed by atoms with Gasteiger partial charge in [0, 0.05) is 19.6 Å². The Morgan fingerprint density at radius 1 is 1.00 bits per heavy atom. The molecule has 2 amide bonds. The van der Waals surface area contributed by atoms with Gasteiger partial charge in [-0.3, -0.25) is 9.59 Å². The maximum absolute atomic E-state index is 13.9. The van der Waals surface area contributed by atoms with Gasteiger partial charge in [0.15, 0.2) is 0 Å². The molecule has 0 aromatic heterocycles. The normalized spacial score (nSPS) is 21.9. The van der Waals surface area contributed by atoms with Crippen LogP contribution in [-0.4, -0.2) is 62.6 Å². The lowest BCUT2D eigenvalue weighted by Crippen LogP contribution is -2.54. The molecule has 2 heterocycles. The summed E-state index contributed by atoms with van der Waals surface area (Å²) in [6.45, 7) is 2.98. The number of rotatable bonds is 5. The molecule has 1 spiro atoms. The molecular weight excluding hydrogens is 502 g/mol. The van der Waals surface area contributed by atoms with Crippen LogP contribution in [-0.2, 0) is 21.2 Å². The fraction of sp³-hybridized carbons (Fsp3) is 0.448. The van der Waals surface area contributed by atoms with Gasteiger partial charge in [-0.15, -0.1) is 0 Å². The first kappa shape index (κ1) is 27.9. The summed E-state index contributed by atoms with van der Waals surface area (Å²) in [6.07, 6.45) is 6.25. The maximum atomic E-state index is 13.9. The highest BCUT2D eigenvalue weighted by Gasteiger charge is 2.43. The molecule has 38 heavy (non-hydrogen) atoms. The van der Waals surface area contributed by atoms with Gasteiger partial charge in [-0.2, -0.15) is 0 Å². The van der Waals surface area contributed by atoms with E-state index in [9.17, 15) is 18.0 Å². The molecular formula is C29H37N3O5S. The number of piperidine rings is 1. The standard InChI is InChI=1S/C29H37N3O5S/c1-2-20-38(35,36)32-17-15-29(16-18-32)14-8-9-19-37-26-13-7-6-12-25(26)27(33)30-22-24(31-28(29)34)21-23-10-4-3-5-11-23/h3-13,24H,2,14-22H2,1H3,(H,30,33)(H,31,34)/b9-8+/t24-/m1/s1. The van der Waals surface area contributed by atoms with Gasteiger partial charge < -0.3 is 15.4 Å². The van der Waals surface area contributed by atoms with Crippen LogP contribution in [0.2, 0.25) is 0 Å². The zero-order chi connectivity index (χ0) is 27.0. The molecule has 0 aliphatic carbocycles. The lowest BCUT2D eigenvalue weighted by Gasteiger charge is -2.40. The Morgan fingerprint density at radius 3 is 2.45 bits per heavy atom. The molecule has 4 rings (SSSR count). The smallest absolute Gasteiger partial charge is 0.255 e. The van der Waals surface area contributed by atoms with Gasteiger partial charge in [-0.05, 0) is 49.8 Å². The fourth-order valence-electron chi connectivity index (χ4n) is 5.12. The van der Waals surface area contributed by atoms with Crippen molar-refractivity contribution in [1.82, 2.24) is 14.9 Å². The highest BCUT2D eigenvalue weighted by molar-refractivity contribution is 7.89. The SMILES string of the molecule is CCCS(=O)(=O)N1CCC2(C/C=C/COc3ccccc3C(=O)NC[C@@H](Cc3ccccc3)NC2=O)CC1. The van der Waals surface area contributed by atoms with Crippen molar-refractivity contribution in [3.8, 4) is 5.75 Å². The van der Waals surface area contributed by atoms with Crippen molar-refractivity contribution in [2.24, 2.45) is 5.41 Å². The maximum Gasteiger partial charge on any atom is 0.255 e. The lowest BCUT2D eigenvalue weighted by molar-refractivity contribution is -0.134. The Balaban J connectivity index is 1.60. The predicted octanol–water partition coefficient (Wildman–Crippen LogP) is 3.30. The van der Waals surface area contributed by atoms with E-state index in [0.717, 1.165) is 5.56 Å². The highest BCUT2D eigenvalue weighted by atomic mass is 32.2. The number of hydrogen-bond donors (Lipinski definition) is 2. The second kappa shape index (κ2) is 12.6. The number of ether oxygens (including phenoxy) is 1. The van der Waals surface area contributed by atoms with Gasteiger partial charge in [0.2, 0.25) is 15.9 Å². The van der Waals surface area contributed by atoms with Gasteiger partial charge >= 0.3 is 0 Å². The quantitative estimate of drug-likeness (QED) is 0.568. The van der Waals surface area contributed by atoms with E-state index in [1.807, 2.05) is 55.5 Å². The second-order valence-electron chi connectivity index (χ2n) is 10.0. The van der Waals surface area contributed by atoms with Crippen LogP contribution in [0.25, 0.3) is 0 Å². The Labute approximate surface area is 225 Å². The number of carbonyl (C=O) groups is 2. The van der Waals surface area contributed by atoms with Crippen LogP contribution in [0.1, 0.15) is 48.5 Å². The summed E-state index contributed by atoms with van der Waals surface area (Å²) in [5.74, 6) is 0.241. The van der Waals surface area contributed by atoms with Crippen molar-refractivity contribution < 1.29 is 22.7 Å². The molecule has 0 bridgehead atoms. The number of allylic oxidation sites excluding steroid dienone is 1. The van der Waals surface area contributed by atoms with Gasteiger partial charge in [0.25, 0.3) is 5.91 Å². The fourth-order valence-corrected chi connectivity index (χ4v) is 6.63. The van der Waals surface area contributed by atoms with Gasteiger partial charge in [0.05, 0.1) is 22.8 Å². The largest absolute Gasteiger partial charge is 0.489 e. The average Bonchev–Trinajstić information content (AvgIpc) is 2.92. The van der Waals surface area contributed by atoms with Crippen LogP contribution in [0.15, 0.2) is 66.7 Å².